The van der Waals surface area contributed by atoms with E-state index in [2.05, 4.69) is 24.8 Å². The average Bonchev–Trinajstić information content (AvgIpc) is 2.53. The molecule has 3 heterocycles. The average molecular weight is 285 g/mol. The van der Waals surface area contributed by atoms with E-state index in [4.69, 9.17) is 4.74 Å². The van der Waals surface area contributed by atoms with Crippen molar-refractivity contribution in [2.24, 2.45) is 0 Å². The molecule has 0 unspecified atom stereocenters. The van der Waals surface area contributed by atoms with Crippen molar-refractivity contribution < 1.29 is 4.74 Å². The van der Waals surface area contributed by atoms with E-state index in [1.54, 1.807) is 18.6 Å². The molecule has 6 nitrogen and oxygen atoms in total. The van der Waals surface area contributed by atoms with Gasteiger partial charge in [-0.3, -0.25) is 4.98 Å². The van der Waals surface area contributed by atoms with Crippen molar-refractivity contribution in [3.8, 4) is 5.88 Å². The SMILES string of the molecule is Cc1cnc(C)c(OC2CCN(c3ncccn3)CC2)n1. The van der Waals surface area contributed by atoms with Crippen molar-refractivity contribution in [2.75, 3.05) is 18.0 Å². The van der Waals surface area contributed by atoms with Crippen molar-refractivity contribution >= 4 is 5.95 Å². The van der Waals surface area contributed by atoms with E-state index in [1.807, 2.05) is 19.9 Å². The third kappa shape index (κ3) is 3.26. The van der Waals surface area contributed by atoms with Crippen LogP contribution in [-0.4, -0.2) is 39.1 Å². The summed E-state index contributed by atoms with van der Waals surface area (Å²) in [6.07, 6.45) is 7.37. The first-order chi connectivity index (χ1) is 10.2. The van der Waals surface area contributed by atoms with Crippen LogP contribution in [0.25, 0.3) is 0 Å². The third-order valence-electron chi connectivity index (χ3n) is 3.59. The minimum Gasteiger partial charge on any atom is -0.473 e. The molecule has 0 saturated carbocycles. The summed E-state index contributed by atoms with van der Waals surface area (Å²) < 4.78 is 6.01. The Kier molecular flexibility index (Phi) is 3.94. The fourth-order valence-corrected chi connectivity index (χ4v) is 2.41. The van der Waals surface area contributed by atoms with Crippen LogP contribution in [-0.2, 0) is 0 Å². The molecular formula is C15H19N5O. The Morgan fingerprint density at radius 1 is 1.10 bits per heavy atom. The van der Waals surface area contributed by atoms with Crippen LogP contribution in [0.15, 0.2) is 24.7 Å². The molecule has 0 aliphatic carbocycles. The molecule has 0 aromatic carbocycles. The molecule has 0 atom stereocenters. The molecule has 0 amide bonds. The van der Waals surface area contributed by atoms with Gasteiger partial charge in [0.15, 0.2) is 0 Å². The Bertz CT molecular complexity index is 596. The fraction of sp³-hybridized carbons (Fsp3) is 0.467. The van der Waals surface area contributed by atoms with E-state index in [9.17, 15) is 0 Å². The highest BCUT2D eigenvalue weighted by Crippen LogP contribution is 2.21. The maximum Gasteiger partial charge on any atom is 0.235 e. The standard InChI is InChI=1S/C15H19N5O/c1-11-10-18-12(2)14(19-11)21-13-4-8-20(9-5-13)15-16-6-3-7-17-15/h3,6-7,10,13H,4-5,8-9H2,1-2H3. The Morgan fingerprint density at radius 3 is 2.52 bits per heavy atom. The van der Waals surface area contributed by atoms with Crippen molar-refractivity contribution in [3.05, 3.63) is 36.0 Å². The predicted octanol–water partition coefficient (Wildman–Crippen LogP) is 1.93. The molecule has 110 valence electrons. The highest BCUT2D eigenvalue weighted by atomic mass is 16.5. The van der Waals surface area contributed by atoms with Crippen LogP contribution in [0, 0.1) is 13.8 Å². The quantitative estimate of drug-likeness (QED) is 0.858. The summed E-state index contributed by atoms with van der Waals surface area (Å²) in [5, 5.41) is 0. The molecule has 2 aromatic rings. The number of aromatic nitrogens is 4. The molecule has 3 rings (SSSR count). The van der Waals surface area contributed by atoms with Gasteiger partial charge >= 0.3 is 0 Å². The largest absolute Gasteiger partial charge is 0.473 e. The van der Waals surface area contributed by atoms with E-state index in [0.717, 1.165) is 43.3 Å². The monoisotopic (exact) mass is 285 g/mol. The molecule has 0 N–H and O–H groups in total. The van der Waals surface area contributed by atoms with Gasteiger partial charge in [-0.15, -0.1) is 0 Å². The van der Waals surface area contributed by atoms with Gasteiger partial charge in [-0.1, -0.05) is 0 Å². The van der Waals surface area contributed by atoms with Gasteiger partial charge in [0, 0.05) is 44.5 Å². The lowest BCUT2D eigenvalue weighted by Gasteiger charge is -2.31. The molecule has 2 aromatic heterocycles. The molecule has 6 heteroatoms. The van der Waals surface area contributed by atoms with Crippen LogP contribution in [0.4, 0.5) is 5.95 Å². The van der Waals surface area contributed by atoms with Gasteiger partial charge in [-0.25, -0.2) is 15.0 Å². The van der Waals surface area contributed by atoms with Gasteiger partial charge in [0.1, 0.15) is 6.10 Å². The van der Waals surface area contributed by atoms with Gasteiger partial charge < -0.3 is 9.64 Å². The van der Waals surface area contributed by atoms with Crippen LogP contribution in [0.2, 0.25) is 0 Å². The van der Waals surface area contributed by atoms with Crippen LogP contribution < -0.4 is 9.64 Å². The molecule has 0 bridgehead atoms. The number of hydrogen-bond acceptors (Lipinski definition) is 6. The Hall–Kier alpha value is -2.24. The number of anilines is 1. The first-order valence-corrected chi connectivity index (χ1v) is 7.21. The number of piperidine rings is 1. The molecular weight excluding hydrogens is 266 g/mol. The number of nitrogens with zero attached hydrogens (tertiary/aromatic N) is 5. The minimum absolute atomic E-state index is 0.180. The maximum atomic E-state index is 6.01. The second-order valence-electron chi connectivity index (χ2n) is 5.25. The number of ether oxygens (including phenoxy) is 1. The molecule has 1 saturated heterocycles. The Balaban J connectivity index is 1.60. The molecule has 0 radical (unpaired) electrons. The van der Waals surface area contributed by atoms with Gasteiger partial charge in [0.25, 0.3) is 0 Å². The third-order valence-corrected chi connectivity index (χ3v) is 3.59. The zero-order chi connectivity index (χ0) is 14.7. The number of aryl methyl sites for hydroxylation is 2. The fourth-order valence-electron chi connectivity index (χ4n) is 2.41. The number of hydrogen-bond donors (Lipinski definition) is 0. The summed E-state index contributed by atoms with van der Waals surface area (Å²) in [5.74, 6) is 1.45. The smallest absolute Gasteiger partial charge is 0.235 e. The second-order valence-corrected chi connectivity index (χ2v) is 5.25. The van der Waals surface area contributed by atoms with E-state index >= 15 is 0 Å². The van der Waals surface area contributed by atoms with Crippen molar-refractivity contribution in [3.63, 3.8) is 0 Å². The predicted molar refractivity (Wildman–Crippen MR) is 79.4 cm³/mol. The lowest BCUT2D eigenvalue weighted by atomic mass is 10.1. The highest BCUT2D eigenvalue weighted by Gasteiger charge is 2.23. The van der Waals surface area contributed by atoms with Crippen LogP contribution in [0.1, 0.15) is 24.2 Å². The van der Waals surface area contributed by atoms with E-state index in [0.29, 0.717) is 5.88 Å². The number of rotatable bonds is 3. The summed E-state index contributed by atoms with van der Waals surface area (Å²) in [6, 6.07) is 1.83. The molecule has 1 aliphatic heterocycles. The van der Waals surface area contributed by atoms with Gasteiger partial charge in [0.2, 0.25) is 11.8 Å². The van der Waals surface area contributed by atoms with Gasteiger partial charge in [-0.05, 0) is 19.9 Å². The minimum atomic E-state index is 0.180. The summed E-state index contributed by atoms with van der Waals surface area (Å²) in [4.78, 5) is 19.5. The second kappa shape index (κ2) is 6.03. The van der Waals surface area contributed by atoms with Crippen LogP contribution >= 0.6 is 0 Å². The first kappa shape index (κ1) is 13.7. The van der Waals surface area contributed by atoms with Crippen molar-refractivity contribution in [1.29, 1.82) is 0 Å². The van der Waals surface area contributed by atoms with Crippen LogP contribution in [0.3, 0.4) is 0 Å². The molecule has 1 aliphatic rings. The van der Waals surface area contributed by atoms with Crippen molar-refractivity contribution in [1.82, 2.24) is 19.9 Å². The molecule has 21 heavy (non-hydrogen) atoms. The van der Waals surface area contributed by atoms with Crippen LogP contribution in [0.5, 0.6) is 5.88 Å². The maximum absolute atomic E-state index is 6.01. The first-order valence-electron chi connectivity index (χ1n) is 7.21. The zero-order valence-electron chi connectivity index (χ0n) is 12.4. The van der Waals surface area contributed by atoms with Gasteiger partial charge in [-0.2, -0.15) is 0 Å². The summed E-state index contributed by atoms with van der Waals surface area (Å²) in [6.45, 7) is 5.64. The summed E-state index contributed by atoms with van der Waals surface area (Å²) >= 11 is 0. The van der Waals surface area contributed by atoms with E-state index in [1.165, 1.54) is 0 Å². The Labute approximate surface area is 124 Å². The lowest BCUT2D eigenvalue weighted by molar-refractivity contribution is 0.161. The molecule has 0 spiro atoms. The zero-order valence-corrected chi connectivity index (χ0v) is 12.4. The lowest BCUT2D eigenvalue weighted by Crippen LogP contribution is -2.39. The topological polar surface area (TPSA) is 64.0 Å². The van der Waals surface area contributed by atoms with Crippen molar-refractivity contribution in [2.45, 2.75) is 32.8 Å². The normalized spacial score (nSPS) is 16.0. The summed E-state index contributed by atoms with van der Waals surface area (Å²) in [7, 11) is 0. The highest BCUT2D eigenvalue weighted by molar-refractivity contribution is 5.29. The molecule has 1 fully saturated rings. The summed E-state index contributed by atoms with van der Waals surface area (Å²) in [5.41, 5.74) is 1.72. The van der Waals surface area contributed by atoms with E-state index in [-0.39, 0.29) is 6.10 Å². The van der Waals surface area contributed by atoms with Gasteiger partial charge in [0.05, 0.1) is 11.4 Å². The van der Waals surface area contributed by atoms with E-state index < -0.39 is 0 Å². The Morgan fingerprint density at radius 2 is 1.81 bits per heavy atom.